The lowest BCUT2D eigenvalue weighted by Crippen LogP contribution is -2.66. The Bertz CT molecular complexity index is 1080. The molecular formula is C30H34N2O. The van der Waals surface area contributed by atoms with Crippen LogP contribution in [0.4, 0.5) is 0 Å². The molecule has 0 aromatic heterocycles. The van der Waals surface area contributed by atoms with Crippen molar-refractivity contribution in [2.45, 2.75) is 63.1 Å². The van der Waals surface area contributed by atoms with Gasteiger partial charge in [0, 0.05) is 31.1 Å². The lowest BCUT2D eigenvalue weighted by Gasteiger charge is -2.60. The summed E-state index contributed by atoms with van der Waals surface area (Å²) in [6.07, 6.45) is 7.72. The zero-order valence-electron chi connectivity index (χ0n) is 19.5. The molecule has 3 aromatic carbocycles. The van der Waals surface area contributed by atoms with Crippen LogP contribution in [-0.4, -0.2) is 29.1 Å². The predicted octanol–water partition coefficient (Wildman–Crippen LogP) is 6.13. The average Bonchev–Trinajstić information content (AvgIpc) is 2.88. The van der Waals surface area contributed by atoms with Gasteiger partial charge in [0.25, 0.3) is 0 Å². The number of hydrazine groups is 1. The summed E-state index contributed by atoms with van der Waals surface area (Å²) in [6.45, 7) is 3.95. The van der Waals surface area contributed by atoms with Crippen molar-refractivity contribution in [3.05, 3.63) is 101 Å². The molecule has 33 heavy (non-hydrogen) atoms. The molecule has 1 unspecified atom stereocenters. The van der Waals surface area contributed by atoms with Gasteiger partial charge in [0.2, 0.25) is 0 Å². The number of benzene rings is 3. The lowest BCUT2D eigenvalue weighted by molar-refractivity contribution is -0.152. The first kappa shape index (κ1) is 20.9. The first-order valence-corrected chi connectivity index (χ1v) is 12.7. The maximum Gasteiger partial charge on any atom is 0.120 e. The summed E-state index contributed by atoms with van der Waals surface area (Å²) in [5, 5.41) is 5.42. The van der Waals surface area contributed by atoms with Gasteiger partial charge in [-0.1, -0.05) is 79.6 Å². The molecule has 1 aliphatic carbocycles. The molecule has 6 rings (SSSR count). The van der Waals surface area contributed by atoms with Gasteiger partial charge in [-0.2, -0.15) is 0 Å². The zero-order chi connectivity index (χ0) is 22.1. The van der Waals surface area contributed by atoms with Crippen molar-refractivity contribution in [3.63, 3.8) is 0 Å². The van der Waals surface area contributed by atoms with E-state index < -0.39 is 0 Å². The monoisotopic (exact) mass is 438 g/mol. The Morgan fingerprint density at radius 3 is 2.45 bits per heavy atom. The van der Waals surface area contributed by atoms with Gasteiger partial charge in [-0.25, -0.2) is 10.0 Å². The first-order chi connectivity index (χ1) is 16.3. The van der Waals surface area contributed by atoms with Crippen LogP contribution in [0.3, 0.4) is 0 Å². The summed E-state index contributed by atoms with van der Waals surface area (Å²) in [7, 11) is 0. The smallest absolute Gasteiger partial charge is 0.120 e. The summed E-state index contributed by atoms with van der Waals surface area (Å²) in [4.78, 5) is 0. The van der Waals surface area contributed by atoms with Gasteiger partial charge in [0.1, 0.15) is 12.4 Å². The van der Waals surface area contributed by atoms with Crippen molar-refractivity contribution >= 4 is 0 Å². The number of ether oxygens (including phenoxy) is 1. The molecule has 2 heterocycles. The fourth-order valence-corrected chi connectivity index (χ4v) is 6.57. The van der Waals surface area contributed by atoms with Crippen LogP contribution in [-0.2, 0) is 25.0 Å². The molecule has 3 heteroatoms. The second kappa shape index (κ2) is 8.96. The van der Waals surface area contributed by atoms with Crippen molar-refractivity contribution in [2.75, 3.05) is 13.1 Å². The summed E-state index contributed by atoms with van der Waals surface area (Å²) in [6, 6.07) is 29.0. The highest BCUT2D eigenvalue weighted by atomic mass is 16.5. The molecule has 2 fully saturated rings. The highest BCUT2D eigenvalue weighted by Crippen LogP contribution is 2.52. The third-order valence-electron chi connectivity index (χ3n) is 8.23. The summed E-state index contributed by atoms with van der Waals surface area (Å²) >= 11 is 0. The van der Waals surface area contributed by atoms with Gasteiger partial charge < -0.3 is 4.74 Å². The Morgan fingerprint density at radius 1 is 0.848 bits per heavy atom. The number of hydrogen-bond acceptors (Lipinski definition) is 3. The van der Waals surface area contributed by atoms with Crippen molar-refractivity contribution in [2.24, 2.45) is 0 Å². The molecule has 0 radical (unpaired) electrons. The van der Waals surface area contributed by atoms with Crippen molar-refractivity contribution in [1.29, 1.82) is 0 Å². The lowest BCUT2D eigenvalue weighted by atomic mass is 9.60. The van der Waals surface area contributed by atoms with Crippen LogP contribution in [0.15, 0.2) is 78.9 Å². The minimum Gasteiger partial charge on any atom is -0.489 e. The summed E-state index contributed by atoms with van der Waals surface area (Å²) < 4.78 is 6.26. The van der Waals surface area contributed by atoms with Crippen molar-refractivity contribution in [1.82, 2.24) is 10.0 Å². The van der Waals surface area contributed by atoms with Gasteiger partial charge in [-0.05, 0) is 60.1 Å². The minimum atomic E-state index is 0.293. The van der Waals surface area contributed by atoms with Gasteiger partial charge in [0.05, 0.1) is 0 Å². The largest absolute Gasteiger partial charge is 0.489 e. The van der Waals surface area contributed by atoms with Gasteiger partial charge >= 0.3 is 0 Å². The molecule has 0 spiro atoms. The van der Waals surface area contributed by atoms with E-state index in [1.54, 1.807) is 5.56 Å². The molecule has 2 bridgehead atoms. The van der Waals surface area contributed by atoms with Crippen LogP contribution in [0.1, 0.15) is 54.4 Å². The average molecular weight is 439 g/mol. The number of rotatable bonds is 6. The van der Waals surface area contributed by atoms with Crippen LogP contribution in [0.25, 0.3) is 0 Å². The van der Waals surface area contributed by atoms with Crippen LogP contribution < -0.4 is 4.74 Å². The quantitative estimate of drug-likeness (QED) is 0.461. The Labute approximate surface area is 198 Å². The van der Waals surface area contributed by atoms with E-state index in [1.807, 2.05) is 0 Å². The van der Waals surface area contributed by atoms with E-state index in [0.29, 0.717) is 18.1 Å². The molecule has 1 saturated carbocycles. The van der Waals surface area contributed by atoms with Gasteiger partial charge in [-0.3, -0.25) is 0 Å². The van der Waals surface area contributed by atoms with E-state index in [-0.39, 0.29) is 0 Å². The standard InChI is InChI=1S/C30H34N2O/c1-3-9-24(10-4-1)16-19-31-20-18-30-17-8-7-13-29(30)32(31)22-26-14-15-27(21-28(26)30)33-23-25-11-5-2-6-12-25/h1-6,9-12,14-15,21,29H,7-8,13,16-20,22-23H2/t29-,30+/m1/s1. The van der Waals surface area contributed by atoms with Gasteiger partial charge in [-0.15, -0.1) is 0 Å². The topological polar surface area (TPSA) is 15.7 Å². The maximum absolute atomic E-state index is 6.26. The highest BCUT2D eigenvalue weighted by molar-refractivity contribution is 5.45. The van der Waals surface area contributed by atoms with Gasteiger partial charge in [0.15, 0.2) is 0 Å². The van der Waals surface area contributed by atoms with E-state index in [1.165, 1.54) is 48.8 Å². The number of fused-ring (bicyclic) bond motifs is 1. The third kappa shape index (κ3) is 3.98. The Kier molecular flexibility index (Phi) is 5.69. The highest BCUT2D eigenvalue weighted by Gasteiger charge is 2.52. The van der Waals surface area contributed by atoms with E-state index in [0.717, 1.165) is 31.8 Å². The minimum absolute atomic E-state index is 0.293. The molecular weight excluding hydrogens is 404 g/mol. The van der Waals surface area contributed by atoms with Crippen LogP contribution in [0, 0.1) is 0 Å². The number of hydrogen-bond donors (Lipinski definition) is 0. The second-order valence-corrected chi connectivity index (χ2v) is 10.0. The fraction of sp³-hybridized carbons (Fsp3) is 0.400. The summed E-state index contributed by atoms with van der Waals surface area (Å²) in [5.41, 5.74) is 6.04. The maximum atomic E-state index is 6.26. The molecule has 3 atom stereocenters. The van der Waals surface area contributed by atoms with Crippen LogP contribution >= 0.6 is 0 Å². The number of nitrogens with zero attached hydrogens (tertiary/aromatic N) is 2. The Hall–Kier alpha value is -2.62. The molecule has 3 aliphatic rings. The molecule has 0 N–H and O–H groups in total. The molecule has 3 aromatic rings. The predicted molar refractivity (Wildman–Crippen MR) is 133 cm³/mol. The molecule has 1 saturated heterocycles. The first-order valence-electron chi connectivity index (χ1n) is 12.7. The van der Waals surface area contributed by atoms with E-state index in [9.17, 15) is 0 Å². The normalized spacial score (nSPS) is 26.3. The van der Waals surface area contributed by atoms with Crippen LogP contribution in [0.5, 0.6) is 5.75 Å². The zero-order valence-corrected chi connectivity index (χ0v) is 19.5. The fourth-order valence-electron chi connectivity index (χ4n) is 6.57. The van der Waals surface area contributed by atoms with Crippen molar-refractivity contribution in [3.8, 4) is 5.75 Å². The van der Waals surface area contributed by atoms with E-state index in [4.69, 9.17) is 4.74 Å². The van der Waals surface area contributed by atoms with Crippen molar-refractivity contribution < 1.29 is 4.74 Å². The SMILES string of the molecule is c1ccc(CCN2CC[C@]34CCCC[C@H]3N2Cc2ccc(OCc3ccccc3)cc24)cc1. The second-order valence-electron chi connectivity index (χ2n) is 10.0. The Morgan fingerprint density at radius 2 is 1.64 bits per heavy atom. The molecule has 0 amide bonds. The van der Waals surface area contributed by atoms with E-state index >= 15 is 0 Å². The molecule has 2 aliphatic heterocycles. The van der Waals surface area contributed by atoms with Crippen LogP contribution in [0.2, 0.25) is 0 Å². The molecule has 3 nitrogen and oxygen atoms in total. The van der Waals surface area contributed by atoms with E-state index in [2.05, 4.69) is 88.9 Å². The Balaban J connectivity index is 1.25. The third-order valence-corrected chi connectivity index (χ3v) is 8.23. The summed E-state index contributed by atoms with van der Waals surface area (Å²) in [5.74, 6) is 1.02. The molecule has 170 valence electrons.